The van der Waals surface area contributed by atoms with Crippen LogP contribution in [0.5, 0.6) is 5.75 Å². The normalized spacial score (nSPS) is 11.0. The second kappa shape index (κ2) is 10.6. The van der Waals surface area contributed by atoms with Crippen molar-refractivity contribution in [1.82, 2.24) is 5.32 Å². The van der Waals surface area contributed by atoms with Crippen molar-refractivity contribution in [2.24, 2.45) is 0 Å². The third kappa shape index (κ3) is 6.33. The molecule has 0 unspecified atom stereocenters. The Labute approximate surface area is 183 Å². The zero-order chi connectivity index (χ0) is 22.1. The lowest BCUT2D eigenvalue weighted by Crippen LogP contribution is -2.25. The lowest BCUT2D eigenvalue weighted by molar-refractivity contribution is 0.0953. The highest BCUT2D eigenvalue weighted by molar-refractivity contribution is 7.92. The van der Waals surface area contributed by atoms with Gasteiger partial charge in [0.25, 0.3) is 15.9 Å². The smallest absolute Gasteiger partial charge is 0.261 e. The van der Waals surface area contributed by atoms with Gasteiger partial charge >= 0.3 is 0 Å². The summed E-state index contributed by atoms with van der Waals surface area (Å²) in [5.74, 6) is 0.551. The number of sulfonamides is 1. The summed E-state index contributed by atoms with van der Waals surface area (Å²) >= 11 is 0. The van der Waals surface area contributed by atoms with Crippen molar-refractivity contribution in [2.75, 3.05) is 17.9 Å². The maximum Gasteiger partial charge on any atom is 0.261 e. The molecule has 0 atom stereocenters. The lowest BCUT2D eigenvalue weighted by atomic mass is 10.1. The molecule has 7 heteroatoms. The number of ether oxygens (including phenoxy) is 1. The summed E-state index contributed by atoms with van der Waals surface area (Å²) in [4.78, 5) is 12.5. The van der Waals surface area contributed by atoms with Crippen molar-refractivity contribution in [1.29, 1.82) is 0 Å². The summed E-state index contributed by atoms with van der Waals surface area (Å²) < 4.78 is 33.4. The third-order valence-electron chi connectivity index (χ3n) is 4.61. The van der Waals surface area contributed by atoms with E-state index in [9.17, 15) is 13.2 Å². The SMILES string of the molecule is CCOc1ccccc1CCCNC(=O)c1cccc(S(=O)(=O)Nc2ccccc2)c1. The van der Waals surface area contributed by atoms with Gasteiger partial charge in [0, 0.05) is 17.8 Å². The Kier molecular flexibility index (Phi) is 7.67. The molecule has 0 fully saturated rings. The summed E-state index contributed by atoms with van der Waals surface area (Å²) in [5, 5.41) is 2.85. The van der Waals surface area contributed by atoms with Crippen LogP contribution < -0.4 is 14.8 Å². The predicted octanol–water partition coefficient (Wildman–Crippen LogP) is 4.25. The molecule has 0 aliphatic heterocycles. The molecule has 0 radical (unpaired) electrons. The van der Waals surface area contributed by atoms with Gasteiger partial charge in [-0.3, -0.25) is 9.52 Å². The Morgan fingerprint density at radius 2 is 1.68 bits per heavy atom. The van der Waals surface area contributed by atoms with Crippen LogP contribution in [0, 0.1) is 0 Å². The van der Waals surface area contributed by atoms with Gasteiger partial charge in [0.1, 0.15) is 5.75 Å². The van der Waals surface area contributed by atoms with E-state index in [0.717, 1.165) is 24.2 Å². The average Bonchev–Trinajstić information content (AvgIpc) is 2.78. The molecule has 3 rings (SSSR count). The van der Waals surface area contributed by atoms with Gasteiger partial charge in [0.05, 0.1) is 11.5 Å². The molecule has 31 heavy (non-hydrogen) atoms. The van der Waals surface area contributed by atoms with Gasteiger partial charge < -0.3 is 10.1 Å². The molecule has 6 nitrogen and oxygen atoms in total. The molecule has 1 amide bonds. The number of anilines is 1. The molecule has 2 N–H and O–H groups in total. The predicted molar refractivity (Wildman–Crippen MR) is 122 cm³/mol. The molecule has 162 valence electrons. The first-order chi connectivity index (χ1) is 15.0. The maximum absolute atomic E-state index is 12.6. The largest absolute Gasteiger partial charge is 0.494 e. The maximum atomic E-state index is 12.6. The van der Waals surface area contributed by atoms with E-state index < -0.39 is 10.0 Å². The summed E-state index contributed by atoms with van der Waals surface area (Å²) in [6.45, 7) is 3.02. The average molecular weight is 439 g/mol. The third-order valence-corrected chi connectivity index (χ3v) is 5.99. The molecule has 0 bridgehead atoms. The van der Waals surface area contributed by atoms with Gasteiger partial charge in [-0.1, -0.05) is 42.5 Å². The van der Waals surface area contributed by atoms with Gasteiger partial charge in [-0.15, -0.1) is 0 Å². The van der Waals surface area contributed by atoms with Gasteiger partial charge in [0.15, 0.2) is 0 Å². The molecule has 0 heterocycles. The van der Waals surface area contributed by atoms with Crippen LogP contribution in [0.2, 0.25) is 0 Å². The van der Waals surface area contributed by atoms with E-state index in [1.165, 1.54) is 12.1 Å². The minimum atomic E-state index is -3.78. The number of carbonyl (C=O) groups is 1. The number of hydrogen-bond acceptors (Lipinski definition) is 4. The molecular formula is C24H26N2O4S. The van der Waals surface area contributed by atoms with E-state index in [1.807, 2.05) is 31.2 Å². The molecular weight excluding hydrogens is 412 g/mol. The molecule has 3 aromatic rings. The van der Waals surface area contributed by atoms with Crippen LogP contribution in [-0.4, -0.2) is 27.5 Å². The number of nitrogens with one attached hydrogen (secondary N) is 2. The van der Waals surface area contributed by atoms with Crippen LogP contribution in [0.1, 0.15) is 29.3 Å². The number of aryl methyl sites for hydroxylation is 1. The van der Waals surface area contributed by atoms with E-state index in [-0.39, 0.29) is 10.8 Å². The number of para-hydroxylation sites is 2. The Morgan fingerprint density at radius 3 is 2.45 bits per heavy atom. The highest BCUT2D eigenvalue weighted by atomic mass is 32.2. The highest BCUT2D eigenvalue weighted by Crippen LogP contribution is 2.20. The molecule has 0 aliphatic rings. The molecule has 0 aliphatic carbocycles. The van der Waals surface area contributed by atoms with Crippen LogP contribution in [0.3, 0.4) is 0 Å². The summed E-state index contributed by atoms with van der Waals surface area (Å²) in [6, 6.07) is 22.5. The van der Waals surface area contributed by atoms with Crippen LogP contribution in [0.25, 0.3) is 0 Å². The minimum Gasteiger partial charge on any atom is -0.494 e. The van der Waals surface area contributed by atoms with Crippen molar-refractivity contribution in [3.63, 3.8) is 0 Å². The van der Waals surface area contributed by atoms with Gasteiger partial charge in [-0.2, -0.15) is 0 Å². The van der Waals surface area contributed by atoms with Crippen LogP contribution in [0.4, 0.5) is 5.69 Å². The number of amides is 1. The van der Waals surface area contributed by atoms with E-state index in [1.54, 1.807) is 42.5 Å². The Morgan fingerprint density at radius 1 is 0.935 bits per heavy atom. The topological polar surface area (TPSA) is 84.5 Å². The summed E-state index contributed by atoms with van der Waals surface area (Å²) in [7, 11) is -3.78. The van der Waals surface area contributed by atoms with E-state index >= 15 is 0 Å². The van der Waals surface area contributed by atoms with Crippen molar-refractivity contribution >= 4 is 21.6 Å². The zero-order valence-electron chi connectivity index (χ0n) is 17.4. The van der Waals surface area contributed by atoms with Gasteiger partial charge in [-0.05, 0) is 61.7 Å². The van der Waals surface area contributed by atoms with Crippen LogP contribution >= 0.6 is 0 Å². The first-order valence-electron chi connectivity index (χ1n) is 10.2. The summed E-state index contributed by atoms with van der Waals surface area (Å²) in [6.07, 6.45) is 1.51. The number of hydrogen-bond donors (Lipinski definition) is 2. The van der Waals surface area contributed by atoms with E-state index in [2.05, 4.69) is 10.0 Å². The van der Waals surface area contributed by atoms with Crippen molar-refractivity contribution in [3.8, 4) is 5.75 Å². The fourth-order valence-electron chi connectivity index (χ4n) is 3.11. The quantitative estimate of drug-likeness (QED) is 0.464. The van der Waals surface area contributed by atoms with Gasteiger partial charge in [-0.25, -0.2) is 8.42 Å². The summed E-state index contributed by atoms with van der Waals surface area (Å²) in [5.41, 5.74) is 1.86. The van der Waals surface area contributed by atoms with Gasteiger partial charge in [0.2, 0.25) is 0 Å². The van der Waals surface area contributed by atoms with Crippen molar-refractivity contribution < 1.29 is 17.9 Å². The fraction of sp³-hybridized carbons (Fsp3) is 0.208. The monoisotopic (exact) mass is 438 g/mol. The highest BCUT2D eigenvalue weighted by Gasteiger charge is 2.16. The lowest BCUT2D eigenvalue weighted by Gasteiger charge is -2.11. The Balaban J connectivity index is 1.58. The van der Waals surface area contributed by atoms with Crippen LogP contribution in [0.15, 0.2) is 83.8 Å². The molecule has 0 saturated heterocycles. The first-order valence-corrected chi connectivity index (χ1v) is 11.6. The minimum absolute atomic E-state index is 0.0367. The Hall–Kier alpha value is -3.32. The molecule has 0 spiro atoms. The van der Waals surface area contributed by atoms with E-state index in [0.29, 0.717) is 24.4 Å². The molecule has 0 saturated carbocycles. The van der Waals surface area contributed by atoms with Crippen molar-refractivity contribution in [3.05, 3.63) is 90.0 Å². The fourth-order valence-corrected chi connectivity index (χ4v) is 4.22. The zero-order valence-corrected chi connectivity index (χ0v) is 18.2. The standard InChI is InChI=1S/C24H26N2O4S/c1-2-30-23-16-7-6-10-19(23)12-9-17-25-24(27)20-11-8-15-22(18-20)31(28,29)26-21-13-4-3-5-14-21/h3-8,10-11,13-16,18,26H,2,9,12,17H2,1H3,(H,25,27). The van der Waals surface area contributed by atoms with Crippen molar-refractivity contribution in [2.45, 2.75) is 24.7 Å². The first kappa shape index (κ1) is 22.4. The second-order valence-electron chi connectivity index (χ2n) is 6.90. The molecule has 0 aromatic heterocycles. The number of carbonyl (C=O) groups excluding carboxylic acids is 1. The number of rotatable bonds is 10. The molecule has 3 aromatic carbocycles. The van der Waals surface area contributed by atoms with E-state index in [4.69, 9.17) is 4.74 Å². The Bertz CT molecular complexity index is 1120. The second-order valence-corrected chi connectivity index (χ2v) is 8.58. The van der Waals surface area contributed by atoms with Crippen LogP contribution in [-0.2, 0) is 16.4 Å². The number of benzene rings is 3.